The van der Waals surface area contributed by atoms with Crippen molar-refractivity contribution in [3.8, 4) is 0 Å². The first-order valence-corrected chi connectivity index (χ1v) is 8.64. The van der Waals surface area contributed by atoms with Gasteiger partial charge in [0.05, 0.1) is 0 Å². The predicted molar refractivity (Wildman–Crippen MR) is 84.7 cm³/mol. The number of hydrogen-bond acceptors (Lipinski definition) is 1. The third kappa shape index (κ3) is 3.41. The van der Waals surface area contributed by atoms with Gasteiger partial charge in [0.15, 0.2) is 0 Å². The lowest BCUT2D eigenvalue weighted by Crippen LogP contribution is -2.23. The van der Waals surface area contributed by atoms with Gasteiger partial charge in [-0.05, 0) is 61.8 Å². The summed E-state index contributed by atoms with van der Waals surface area (Å²) in [7, 11) is 0. The van der Waals surface area contributed by atoms with E-state index < -0.39 is 0 Å². The van der Waals surface area contributed by atoms with Crippen LogP contribution in [0.15, 0.2) is 22.7 Å². The van der Waals surface area contributed by atoms with Gasteiger partial charge >= 0.3 is 0 Å². The molecule has 19 heavy (non-hydrogen) atoms. The van der Waals surface area contributed by atoms with Crippen molar-refractivity contribution in [2.45, 2.75) is 63.3 Å². The summed E-state index contributed by atoms with van der Waals surface area (Å²) >= 11 is 3.81. The van der Waals surface area contributed by atoms with Crippen LogP contribution < -0.4 is 5.32 Å². The van der Waals surface area contributed by atoms with E-state index in [1.807, 2.05) is 0 Å². The van der Waals surface area contributed by atoms with Gasteiger partial charge in [-0.15, -0.1) is 0 Å². The second kappa shape index (κ2) is 6.41. The molecule has 2 aliphatic rings. The van der Waals surface area contributed by atoms with E-state index in [0.717, 1.165) is 5.92 Å². The summed E-state index contributed by atoms with van der Waals surface area (Å²) in [6, 6.07) is 7.80. The van der Waals surface area contributed by atoms with Crippen LogP contribution in [0.5, 0.6) is 0 Å². The molecular weight excluding hydrogens is 298 g/mol. The maximum Gasteiger partial charge on any atom is 0.0212 e. The first kappa shape index (κ1) is 13.6. The summed E-state index contributed by atoms with van der Waals surface area (Å²) in [5, 5.41) is 3.59. The summed E-state index contributed by atoms with van der Waals surface area (Å²) in [5.41, 5.74) is 3.02. The van der Waals surface area contributed by atoms with Crippen molar-refractivity contribution in [2.24, 2.45) is 0 Å². The number of hydrogen-bond donors (Lipinski definition) is 1. The highest BCUT2D eigenvalue weighted by Gasteiger charge is 2.19. The second-order valence-corrected chi connectivity index (χ2v) is 7.04. The van der Waals surface area contributed by atoms with Crippen LogP contribution in [0, 0.1) is 0 Å². The smallest absolute Gasteiger partial charge is 0.0212 e. The van der Waals surface area contributed by atoms with E-state index in [2.05, 4.69) is 39.4 Å². The molecule has 1 saturated heterocycles. The van der Waals surface area contributed by atoms with Crippen molar-refractivity contribution >= 4 is 15.9 Å². The highest BCUT2D eigenvalue weighted by atomic mass is 79.9. The molecule has 0 aromatic heterocycles. The standard InChI is InChI=1S/C17H24BrN/c18-17-12-13(11-15-7-4-10-19-15)8-9-16(17)14-5-2-1-3-6-14/h8-9,12,14-15,19H,1-7,10-11H2. The number of benzene rings is 1. The minimum absolute atomic E-state index is 0.701. The molecular formula is C17H24BrN. The molecule has 1 aliphatic carbocycles. The highest BCUT2D eigenvalue weighted by molar-refractivity contribution is 9.10. The Balaban J connectivity index is 1.69. The molecule has 2 fully saturated rings. The van der Waals surface area contributed by atoms with E-state index in [1.54, 1.807) is 5.56 Å². The zero-order valence-corrected chi connectivity index (χ0v) is 13.2. The Hall–Kier alpha value is -0.340. The predicted octanol–water partition coefficient (Wildman–Crippen LogP) is 4.79. The molecule has 1 N–H and O–H groups in total. The fraction of sp³-hybridized carbons (Fsp3) is 0.647. The van der Waals surface area contributed by atoms with Crippen LogP contribution in [0.25, 0.3) is 0 Å². The van der Waals surface area contributed by atoms with Crippen LogP contribution in [0.4, 0.5) is 0 Å². The zero-order valence-electron chi connectivity index (χ0n) is 11.6. The largest absolute Gasteiger partial charge is 0.314 e. The van der Waals surface area contributed by atoms with Crippen molar-refractivity contribution in [3.63, 3.8) is 0 Å². The van der Waals surface area contributed by atoms with Crippen molar-refractivity contribution < 1.29 is 0 Å². The molecule has 1 atom stereocenters. The van der Waals surface area contributed by atoms with E-state index >= 15 is 0 Å². The number of nitrogens with one attached hydrogen (secondary N) is 1. The van der Waals surface area contributed by atoms with Gasteiger partial charge < -0.3 is 5.32 Å². The van der Waals surface area contributed by atoms with Crippen molar-refractivity contribution in [1.29, 1.82) is 0 Å². The fourth-order valence-corrected chi connectivity index (χ4v) is 4.41. The summed E-state index contributed by atoms with van der Waals surface area (Å²) in [6.45, 7) is 1.20. The van der Waals surface area contributed by atoms with Crippen molar-refractivity contribution in [2.75, 3.05) is 6.54 Å². The van der Waals surface area contributed by atoms with Gasteiger partial charge in [0, 0.05) is 10.5 Å². The third-order valence-electron chi connectivity index (χ3n) is 4.75. The van der Waals surface area contributed by atoms with Crippen LogP contribution in [0.1, 0.15) is 62.0 Å². The van der Waals surface area contributed by atoms with Crippen LogP contribution in [0.3, 0.4) is 0 Å². The molecule has 1 aromatic carbocycles. The Morgan fingerprint density at radius 1 is 1.05 bits per heavy atom. The Kier molecular flexibility index (Phi) is 4.60. The Bertz CT molecular complexity index is 417. The molecule has 104 valence electrons. The van der Waals surface area contributed by atoms with E-state index in [1.165, 1.54) is 67.9 Å². The molecule has 1 heterocycles. The maximum absolute atomic E-state index is 3.81. The number of rotatable bonds is 3. The van der Waals surface area contributed by atoms with Gasteiger partial charge in [0.25, 0.3) is 0 Å². The molecule has 0 spiro atoms. The van der Waals surface area contributed by atoms with Gasteiger partial charge in [0.1, 0.15) is 0 Å². The third-order valence-corrected chi connectivity index (χ3v) is 5.44. The topological polar surface area (TPSA) is 12.0 Å². The van der Waals surface area contributed by atoms with Gasteiger partial charge in [-0.2, -0.15) is 0 Å². The Morgan fingerprint density at radius 2 is 1.89 bits per heavy atom. The Labute approximate surface area is 125 Å². The van der Waals surface area contributed by atoms with Crippen LogP contribution in [-0.4, -0.2) is 12.6 Å². The van der Waals surface area contributed by atoms with Gasteiger partial charge in [-0.3, -0.25) is 0 Å². The molecule has 0 amide bonds. The first-order valence-electron chi connectivity index (χ1n) is 7.84. The molecule has 3 rings (SSSR count). The first-order chi connectivity index (χ1) is 9.33. The fourth-order valence-electron chi connectivity index (χ4n) is 3.66. The minimum atomic E-state index is 0.701. The van der Waals surface area contributed by atoms with E-state index in [9.17, 15) is 0 Å². The monoisotopic (exact) mass is 321 g/mol. The summed E-state index contributed by atoms with van der Waals surface area (Å²) in [4.78, 5) is 0. The molecule has 1 aliphatic heterocycles. The lowest BCUT2D eigenvalue weighted by molar-refractivity contribution is 0.442. The minimum Gasteiger partial charge on any atom is -0.314 e. The second-order valence-electron chi connectivity index (χ2n) is 6.19. The zero-order chi connectivity index (χ0) is 13.1. The molecule has 0 radical (unpaired) electrons. The molecule has 1 unspecified atom stereocenters. The summed E-state index contributed by atoms with van der Waals surface area (Å²) < 4.78 is 1.34. The molecule has 1 nitrogen and oxygen atoms in total. The van der Waals surface area contributed by atoms with Crippen molar-refractivity contribution in [3.05, 3.63) is 33.8 Å². The molecule has 0 bridgehead atoms. The maximum atomic E-state index is 3.81. The van der Waals surface area contributed by atoms with E-state index in [-0.39, 0.29) is 0 Å². The lowest BCUT2D eigenvalue weighted by atomic mass is 9.84. The average Bonchev–Trinajstić information content (AvgIpc) is 2.93. The number of halogens is 1. The van der Waals surface area contributed by atoms with E-state index in [4.69, 9.17) is 0 Å². The SMILES string of the molecule is Brc1cc(CC2CCCN2)ccc1C1CCCCC1. The van der Waals surface area contributed by atoms with Crippen molar-refractivity contribution in [1.82, 2.24) is 5.32 Å². The Morgan fingerprint density at radius 3 is 2.58 bits per heavy atom. The van der Waals surface area contributed by atoms with E-state index in [0.29, 0.717) is 6.04 Å². The highest BCUT2D eigenvalue weighted by Crippen LogP contribution is 2.36. The van der Waals surface area contributed by atoms with Gasteiger partial charge in [-0.1, -0.05) is 47.3 Å². The molecule has 1 saturated carbocycles. The quantitative estimate of drug-likeness (QED) is 0.843. The summed E-state index contributed by atoms with van der Waals surface area (Å²) in [5.74, 6) is 0.793. The van der Waals surface area contributed by atoms with Gasteiger partial charge in [0.2, 0.25) is 0 Å². The van der Waals surface area contributed by atoms with Crippen LogP contribution in [-0.2, 0) is 6.42 Å². The average molecular weight is 322 g/mol. The van der Waals surface area contributed by atoms with Gasteiger partial charge in [-0.25, -0.2) is 0 Å². The van der Waals surface area contributed by atoms with Crippen LogP contribution in [0.2, 0.25) is 0 Å². The molecule has 1 aromatic rings. The molecule has 2 heteroatoms. The van der Waals surface area contributed by atoms with Crippen LogP contribution >= 0.6 is 15.9 Å². The normalized spacial score (nSPS) is 24.8. The lowest BCUT2D eigenvalue weighted by Gasteiger charge is -2.23. The summed E-state index contributed by atoms with van der Waals surface area (Å²) in [6.07, 6.45) is 10.9.